The topological polar surface area (TPSA) is 132 Å². The molecule has 0 aliphatic heterocycles. The lowest BCUT2D eigenvalue weighted by Gasteiger charge is -2.30. The zero-order chi connectivity index (χ0) is 22.0. The van der Waals surface area contributed by atoms with Crippen molar-refractivity contribution < 1.29 is 19.4 Å². The van der Waals surface area contributed by atoms with Crippen LogP contribution in [0.4, 0.5) is 11.6 Å². The third-order valence-electron chi connectivity index (χ3n) is 5.55. The summed E-state index contributed by atoms with van der Waals surface area (Å²) in [5.74, 6) is 0.545. The SMILES string of the molecule is COc1ccnc(NC2CCC(Oc3cccc4nc(C)c(C(=O)O)c(N)c34)CC2)n1. The molecule has 9 heteroatoms. The third kappa shape index (κ3) is 4.30. The number of aromatic nitrogens is 3. The normalized spacial score (nSPS) is 18.5. The summed E-state index contributed by atoms with van der Waals surface area (Å²) in [6.45, 7) is 1.65. The van der Waals surface area contributed by atoms with Crippen molar-refractivity contribution in [1.29, 1.82) is 0 Å². The van der Waals surface area contributed by atoms with E-state index in [9.17, 15) is 9.90 Å². The van der Waals surface area contributed by atoms with E-state index in [1.54, 1.807) is 26.3 Å². The van der Waals surface area contributed by atoms with Gasteiger partial charge in [0, 0.05) is 18.3 Å². The number of hydrogen-bond acceptors (Lipinski definition) is 8. The lowest BCUT2D eigenvalue weighted by atomic mass is 9.93. The van der Waals surface area contributed by atoms with Gasteiger partial charge in [-0.05, 0) is 44.7 Å². The van der Waals surface area contributed by atoms with Crippen LogP contribution in [-0.2, 0) is 0 Å². The molecule has 4 rings (SSSR count). The van der Waals surface area contributed by atoms with E-state index in [2.05, 4.69) is 20.3 Å². The first-order chi connectivity index (χ1) is 15.0. The fourth-order valence-electron chi connectivity index (χ4n) is 4.02. The maximum Gasteiger partial charge on any atom is 0.339 e. The second-order valence-corrected chi connectivity index (χ2v) is 7.60. The summed E-state index contributed by atoms with van der Waals surface area (Å²) >= 11 is 0. The van der Waals surface area contributed by atoms with Crippen LogP contribution in [0.15, 0.2) is 30.5 Å². The number of methoxy groups -OCH3 is 1. The molecule has 0 radical (unpaired) electrons. The van der Waals surface area contributed by atoms with E-state index in [1.807, 2.05) is 18.2 Å². The van der Waals surface area contributed by atoms with Crippen LogP contribution in [0.3, 0.4) is 0 Å². The van der Waals surface area contributed by atoms with Crippen molar-refractivity contribution in [2.45, 2.75) is 44.8 Å². The molecule has 1 saturated carbocycles. The molecule has 3 aromatic rings. The molecule has 0 bridgehead atoms. The number of aromatic carboxylic acids is 1. The molecular formula is C22H25N5O4. The van der Waals surface area contributed by atoms with Crippen LogP contribution < -0.4 is 20.5 Å². The molecule has 2 heterocycles. The highest BCUT2D eigenvalue weighted by Gasteiger charge is 2.25. The van der Waals surface area contributed by atoms with E-state index in [4.69, 9.17) is 15.2 Å². The number of nitrogens with zero attached hydrogens (tertiary/aromatic N) is 3. The summed E-state index contributed by atoms with van der Waals surface area (Å²) < 4.78 is 11.4. The molecule has 1 fully saturated rings. The zero-order valence-corrected chi connectivity index (χ0v) is 17.5. The molecule has 2 aromatic heterocycles. The highest BCUT2D eigenvalue weighted by Crippen LogP contribution is 2.35. The molecule has 0 unspecified atom stereocenters. The molecule has 0 saturated heterocycles. The molecule has 1 aliphatic rings. The lowest BCUT2D eigenvalue weighted by Crippen LogP contribution is -2.31. The van der Waals surface area contributed by atoms with Crippen molar-refractivity contribution in [1.82, 2.24) is 15.0 Å². The number of ether oxygens (including phenoxy) is 2. The fraction of sp³-hybridized carbons (Fsp3) is 0.364. The largest absolute Gasteiger partial charge is 0.490 e. The van der Waals surface area contributed by atoms with Gasteiger partial charge in [0.2, 0.25) is 11.8 Å². The number of fused-ring (bicyclic) bond motifs is 1. The summed E-state index contributed by atoms with van der Waals surface area (Å²) in [7, 11) is 1.57. The van der Waals surface area contributed by atoms with Gasteiger partial charge in [-0.1, -0.05) is 6.07 Å². The van der Waals surface area contributed by atoms with Crippen molar-refractivity contribution in [3.8, 4) is 11.6 Å². The highest BCUT2D eigenvalue weighted by molar-refractivity contribution is 6.06. The summed E-state index contributed by atoms with van der Waals surface area (Å²) in [5, 5.41) is 13.4. The Morgan fingerprint density at radius 3 is 2.68 bits per heavy atom. The number of carbonyl (C=O) groups is 1. The van der Waals surface area contributed by atoms with Crippen LogP contribution in [0.1, 0.15) is 41.7 Å². The van der Waals surface area contributed by atoms with Gasteiger partial charge in [0.05, 0.1) is 35.5 Å². The number of nitrogens with two attached hydrogens (primary N) is 1. The van der Waals surface area contributed by atoms with E-state index < -0.39 is 5.97 Å². The average molecular weight is 423 g/mol. The monoisotopic (exact) mass is 423 g/mol. The van der Waals surface area contributed by atoms with Gasteiger partial charge in [0.15, 0.2) is 0 Å². The Balaban J connectivity index is 1.47. The van der Waals surface area contributed by atoms with Crippen LogP contribution in [0.2, 0.25) is 0 Å². The molecule has 0 atom stereocenters. The van der Waals surface area contributed by atoms with Gasteiger partial charge >= 0.3 is 5.97 Å². The maximum atomic E-state index is 11.6. The minimum absolute atomic E-state index is 0.00357. The van der Waals surface area contributed by atoms with Gasteiger partial charge in [-0.15, -0.1) is 0 Å². The number of carboxylic acid groups (broad SMARTS) is 1. The number of hydrogen-bond donors (Lipinski definition) is 3. The number of carboxylic acids is 1. The predicted molar refractivity (Wildman–Crippen MR) is 117 cm³/mol. The number of nitrogen functional groups attached to an aromatic ring is 1. The zero-order valence-electron chi connectivity index (χ0n) is 17.5. The minimum Gasteiger partial charge on any atom is -0.490 e. The predicted octanol–water partition coefficient (Wildman–Crippen LogP) is 3.42. The Bertz CT molecular complexity index is 1110. The van der Waals surface area contributed by atoms with E-state index in [1.165, 1.54) is 0 Å². The van der Waals surface area contributed by atoms with Crippen LogP contribution in [0.25, 0.3) is 10.9 Å². The van der Waals surface area contributed by atoms with Crippen molar-refractivity contribution in [3.05, 3.63) is 41.7 Å². The highest BCUT2D eigenvalue weighted by atomic mass is 16.5. The van der Waals surface area contributed by atoms with Gasteiger partial charge in [-0.2, -0.15) is 4.98 Å². The number of pyridine rings is 1. The van der Waals surface area contributed by atoms with Gasteiger partial charge in [-0.3, -0.25) is 4.98 Å². The van der Waals surface area contributed by atoms with E-state index in [0.29, 0.717) is 34.2 Å². The lowest BCUT2D eigenvalue weighted by molar-refractivity contribution is 0.0697. The number of aryl methyl sites for hydroxylation is 1. The van der Waals surface area contributed by atoms with Gasteiger partial charge < -0.3 is 25.6 Å². The van der Waals surface area contributed by atoms with Crippen molar-refractivity contribution in [3.63, 3.8) is 0 Å². The smallest absolute Gasteiger partial charge is 0.339 e. The molecular weight excluding hydrogens is 398 g/mol. The first-order valence-electron chi connectivity index (χ1n) is 10.2. The Labute approximate surface area is 179 Å². The first kappa shape index (κ1) is 20.6. The maximum absolute atomic E-state index is 11.6. The van der Waals surface area contributed by atoms with Crippen LogP contribution in [-0.4, -0.2) is 45.3 Å². The molecule has 4 N–H and O–H groups in total. The average Bonchev–Trinajstić information content (AvgIpc) is 2.75. The van der Waals surface area contributed by atoms with E-state index in [0.717, 1.165) is 25.7 Å². The standard InChI is InChI=1S/C22H25N5O4/c1-12-18(21(28)29)20(23)19-15(25-12)4-3-5-16(19)31-14-8-6-13(7-9-14)26-22-24-11-10-17(27-22)30-2/h3-5,10-11,13-14H,6-9H2,1-2H3,(H2,23,25)(H,28,29)(H,24,26,27). The van der Waals surface area contributed by atoms with Crippen molar-refractivity contribution in [2.75, 3.05) is 18.2 Å². The number of nitrogens with one attached hydrogen (secondary N) is 1. The summed E-state index contributed by atoms with van der Waals surface area (Å²) in [6, 6.07) is 7.42. The first-order valence-corrected chi connectivity index (χ1v) is 10.2. The Morgan fingerprint density at radius 2 is 1.97 bits per heavy atom. The van der Waals surface area contributed by atoms with Gasteiger partial charge in [0.25, 0.3) is 0 Å². The summed E-state index contributed by atoms with van der Waals surface area (Å²) in [6.07, 6.45) is 5.12. The Hall–Kier alpha value is -3.62. The second-order valence-electron chi connectivity index (χ2n) is 7.60. The summed E-state index contributed by atoms with van der Waals surface area (Å²) in [4.78, 5) is 24.6. The Kier molecular flexibility index (Phi) is 5.75. The number of benzene rings is 1. The van der Waals surface area contributed by atoms with Gasteiger partial charge in [0.1, 0.15) is 11.3 Å². The Morgan fingerprint density at radius 1 is 1.19 bits per heavy atom. The van der Waals surface area contributed by atoms with Crippen LogP contribution in [0, 0.1) is 6.92 Å². The third-order valence-corrected chi connectivity index (χ3v) is 5.55. The molecule has 0 amide bonds. The molecule has 1 aliphatic carbocycles. The molecule has 0 spiro atoms. The van der Waals surface area contributed by atoms with Crippen molar-refractivity contribution >= 4 is 28.5 Å². The minimum atomic E-state index is -1.09. The fourth-order valence-corrected chi connectivity index (χ4v) is 4.02. The quantitative estimate of drug-likeness (QED) is 0.545. The van der Waals surface area contributed by atoms with Crippen LogP contribution in [0.5, 0.6) is 11.6 Å². The number of rotatable bonds is 6. The molecule has 1 aromatic carbocycles. The van der Waals surface area contributed by atoms with Crippen LogP contribution >= 0.6 is 0 Å². The second kappa shape index (κ2) is 8.63. The van der Waals surface area contributed by atoms with Crippen molar-refractivity contribution in [2.24, 2.45) is 0 Å². The van der Waals surface area contributed by atoms with E-state index >= 15 is 0 Å². The summed E-state index contributed by atoms with van der Waals surface area (Å²) in [5.41, 5.74) is 7.45. The molecule has 9 nitrogen and oxygen atoms in total. The van der Waals surface area contributed by atoms with E-state index in [-0.39, 0.29) is 23.4 Å². The molecule has 31 heavy (non-hydrogen) atoms. The number of anilines is 2. The molecule has 162 valence electrons. The van der Waals surface area contributed by atoms with Gasteiger partial charge in [-0.25, -0.2) is 9.78 Å².